The molecule has 0 saturated carbocycles. The van der Waals surface area contributed by atoms with Crippen molar-refractivity contribution in [1.82, 2.24) is 4.31 Å². The molecule has 2 aromatic rings. The predicted molar refractivity (Wildman–Crippen MR) is 111 cm³/mol. The molecule has 0 bridgehead atoms. The maximum Gasteiger partial charge on any atom is 0.315 e. The molecule has 1 aliphatic rings. The zero-order valence-electron chi connectivity index (χ0n) is 16.6. The van der Waals surface area contributed by atoms with Gasteiger partial charge in [0.15, 0.2) is 11.5 Å². The number of allylic oxidation sites excluding steroid dienone is 1. The molecule has 0 radical (unpaired) electrons. The summed E-state index contributed by atoms with van der Waals surface area (Å²) in [5.41, 5.74) is -0.0252. The molecule has 31 heavy (non-hydrogen) atoms. The smallest absolute Gasteiger partial charge is 0.315 e. The van der Waals surface area contributed by atoms with E-state index in [1.54, 1.807) is 0 Å². The summed E-state index contributed by atoms with van der Waals surface area (Å²) >= 11 is 0. The molecule has 0 aromatic heterocycles. The van der Waals surface area contributed by atoms with Gasteiger partial charge in [0.25, 0.3) is 0 Å². The Labute approximate surface area is 178 Å². The summed E-state index contributed by atoms with van der Waals surface area (Å²) < 4.78 is 36.7. The fourth-order valence-electron chi connectivity index (χ4n) is 3.00. The van der Waals surface area contributed by atoms with Gasteiger partial charge < -0.3 is 14.6 Å². The lowest BCUT2D eigenvalue weighted by Gasteiger charge is -2.26. The van der Waals surface area contributed by atoms with Crippen molar-refractivity contribution < 1.29 is 32.7 Å². The van der Waals surface area contributed by atoms with E-state index < -0.39 is 32.2 Å². The minimum Gasteiger partial charge on any atom is -0.500 e. The molecule has 0 unspecified atom stereocenters. The first-order valence-corrected chi connectivity index (χ1v) is 10.6. The van der Waals surface area contributed by atoms with Crippen LogP contribution in [0.15, 0.2) is 47.4 Å². The van der Waals surface area contributed by atoms with Gasteiger partial charge in [-0.25, -0.2) is 8.42 Å². The molecule has 1 fully saturated rings. The summed E-state index contributed by atoms with van der Waals surface area (Å²) in [6.45, 7) is 1.21. The number of ketones is 1. The molecular weight excluding hydrogens is 428 g/mol. The maximum atomic E-state index is 12.6. The van der Waals surface area contributed by atoms with Gasteiger partial charge in [0.05, 0.1) is 30.1 Å². The molecule has 0 atom stereocenters. The molecule has 2 aromatic carbocycles. The number of carbonyl (C=O) groups is 1. The van der Waals surface area contributed by atoms with Crippen molar-refractivity contribution in [1.29, 1.82) is 0 Å². The van der Waals surface area contributed by atoms with Crippen LogP contribution in [0.4, 0.5) is 5.69 Å². The number of rotatable bonds is 7. The van der Waals surface area contributed by atoms with E-state index in [2.05, 4.69) is 0 Å². The van der Waals surface area contributed by atoms with Gasteiger partial charge in [0, 0.05) is 24.7 Å². The molecule has 10 nitrogen and oxygen atoms in total. The van der Waals surface area contributed by atoms with Gasteiger partial charge in [0.2, 0.25) is 15.8 Å². The van der Waals surface area contributed by atoms with Crippen LogP contribution in [0.2, 0.25) is 0 Å². The predicted octanol–water partition coefficient (Wildman–Crippen LogP) is 2.23. The summed E-state index contributed by atoms with van der Waals surface area (Å²) in [5.74, 6) is -1.13. The number of morpholine rings is 1. The number of phenols is 1. The summed E-state index contributed by atoms with van der Waals surface area (Å²) in [6.07, 6.45) is 2.54. The fraction of sp³-hybridized carbons (Fsp3) is 0.250. The van der Waals surface area contributed by atoms with Crippen LogP contribution in [-0.2, 0) is 14.8 Å². The molecular formula is C20H20N2O8S. The second-order valence-corrected chi connectivity index (χ2v) is 8.52. The molecule has 164 valence electrons. The van der Waals surface area contributed by atoms with Crippen molar-refractivity contribution in [2.45, 2.75) is 4.90 Å². The Bertz CT molecular complexity index is 1120. The van der Waals surface area contributed by atoms with Crippen molar-refractivity contribution in [3.05, 3.63) is 63.7 Å². The summed E-state index contributed by atoms with van der Waals surface area (Å²) in [4.78, 5) is 22.8. The van der Waals surface area contributed by atoms with Crippen LogP contribution in [0, 0.1) is 10.1 Å². The largest absolute Gasteiger partial charge is 0.500 e. The first-order valence-electron chi connectivity index (χ1n) is 9.20. The van der Waals surface area contributed by atoms with Crippen molar-refractivity contribution in [3.8, 4) is 11.5 Å². The summed E-state index contributed by atoms with van der Waals surface area (Å²) in [6, 6.07) is 7.99. The van der Waals surface area contributed by atoms with Gasteiger partial charge in [-0.2, -0.15) is 4.31 Å². The SMILES string of the molecule is COc1cc(/C=C/C(=O)c2ccc(S(=O)(=O)N3CCOCC3)cc2)cc([N+](=O)[O-])c1O. The number of aromatic hydroxyl groups is 1. The number of carbonyl (C=O) groups excluding carboxylic acids is 1. The third-order valence-electron chi connectivity index (χ3n) is 4.67. The van der Waals surface area contributed by atoms with Crippen molar-refractivity contribution in [2.24, 2.45) is 0 Å². The lowest BCUT2D eigenvalue weighted by atomic mass is 10.1. The highest BCUT2D eigenvalue weighted by atomic mass is 32.2. The second kappa shape index (κ2) is 9.25. The fourth-order valence-corrected chi connectivity index (χ4v) is 4.41. The molecule has 0 aliphatic carbocycles. The Kier molecular flexibility index (Phi) is 6.68. The van der Waals surface area contributed by atoms with Gasteiger partial charge in [-0.3, -0.25) is 14.9 Å². The topological polar surface area (TPSA) is 136 Å². The van der Waals surface area contributed by atoms with Crippen LogP contribution < -0.4 is 4.74 Å². The maximum absolute atomic E-state index is 12.6. The van der Waals surface area contributed by atoms with Crippen molar-refractivity contribution in [3.63, 3.8) is 0 Å². The van der Waals surface area contributed by atoms with Gasteiger partial charge >= 0.3 is 5.69 Å². The Morgan fingerprint density at radius 2 is 1.87 bits per heavy atom. The van der Waals surface area contributed by atoms with Gasteiger partial charge in [-0.1, -0.05) is 6.08 Å². The molecule has 0 spiro atoms. The molecule has 1 heterocycles. The monoisotopic (exact) mass is 448 g/mol. The number of hydrogen-bond acceptors (Lipinski definition) is 8. The number of sulfonamides is 1. The minimum absolute atomic E-state index is 0.0776. The van der Waals surface area contributed by atoms with Crippen molar-refractivity contribution in [2.75, 3.05) is 33.4 Å². The lowest BCUT2D eigenvalue weighted by molar-refractivity contribution is -0.386. The average Bonchev–Trinajstić information content (AvgIpc) is 2.78. The number of nitro groups is 1. The Morgan fingerprint density at radius 1 is 1.23 bits per heavy atom. The number of benzene rings is 2. The van der Waals surface area contributed by atoms with Crippen LogP contribution in [0.25, 0.3) is 6.08 Å². The lowest BCUT2D eigenvalue weighted by Crippen LogP contribution is -2.40. The van der Waals surface area contributed by atoms with E-state index in [4.69, 9.17) is 9.47 Å². The van der Waals surface area contributed by atoms with E-state index in [-0.39, 0.29) is 34.9 Å². The van der Waals surface area contributed by atoms with E-state index in [9.17, 15) is 28.4 Å². The number of phenolic OH excluding ortho intramolecular Hbond substituents is 1. The van der Waals surface area contributed by atoms with E-state index in [0.29, 0.717) is 13.2 Å². The summed E-state index contributed by atoms with van der Waals surface area (Å²) in [7, 11) is -2.41. The second-order valence-electron chi connectivity index (χ2n) is 6.59. The number of nitrogens with zero attached hydrogens (tertiary/aromatic N) is 2. The molecule has 1 N–H and O–H groups in total. The van der Waals surface area contributed by atoms with Gasteiger partial charge in [-0.05, 0) is 42.0 Å². The van der Waals surface area contributed by atoms with E-state index in [1.807, 2.05) is 0 Å². The average molecular weight is 448 g/mol. The third-order valence-corrected chi connectivity index (χ3v) is 6.58. The summed E-state index contributed by atoms with van der Waals surface area (Å²) in [5, 5.41) is 20.9. The molecule has 3 rings (SSSR count). The van der Waals surface area contributed by atoms with E-state index in [0.717, 1.165) is 6.07 Å². The Hall–Kier alpha value is -3.28. The Morgan fingerprint density at radius 3 is 2.45 bits per heavy atom. The number of ether oxygens (including phenoxy) is 2. The number of methoxy groups -OCH3 is 1. The van der Waals surface area contributed by atoms with Crippen LogP contribution in [0.5, 0.6) is 11.5 Å². The highest BCUT2D eigenvalue weighted by Crippen LogP contribution is 2.37. The van der Waals surface area contributed by atoms with Gasteiger partial charge in [-0.15, -0.1) is 0 Å². The Balaban J connectivity index is 1.79. The van der Waals surface area contributed by atoms with Crippen molar-refractivity contribution >= 4 is 27.6 Å². The van der Waals surface area contributed by atoms with E-state index in [1.165, 1.54) is 53.9 Å². The zero-order valence-corrected chi connectivity index (χ0v) is 17.4. The normalized spacial score (nSPS) is 15.1. The minimum atomic E-state index is -3.66. The zero-order chi connectivity index (χ0) is 22.6. The highest BCUT2D eigenvalue weighted by molar-refractivity contribution is 7.89. The number of hydrogen-bond donors (Lipinski definition) is 1. The first-order chi connectivity index (χ1) is 14.7. The van der Waals surface area contributed by atoms with Crippen LogP contribution in [0.3, 0.4) is 0 Å². The molecule has 11 heteroatoms. The third kappa shape index (κ3) is 4.90. The number of nitro benzene ring substituents is 1. The molecule has 1 aliphatic heterocycles. The van der Waals surface area contributed by atoms with Crippen LogP contribution in [-0.4, -0.2) is 61.9 Å². The standard InChI is InChI=1S/C20H20N2O8S/c1-29-19-13-14(12-17(20(19)24)22(25)26)2-7-18(23)15-3-5-16(6-4-15)31(27,28)21-8-10-30-11-9-21/h2-7,12-13,24H,8-11H2,1H3/b7-2+. The quantitative estimate of drug-likeness (QED) is 0.295. The van der Waals surface area contributed by atoms with Gasteiger partial charge in [0.1, 0.15) is 0 Å². The first kappa shape index (κ1) is 22.4. The van der Waals surface area contributed by atoms with Crippen LogP contribution >= 0.6 is 0 Å². The highest BCUT2D eigenvalue weighted by Gasteiger charge is 2.26. The van der Waals surface area contributed by atoms with Crippen LogP contribution in [0.1, 0.15) is 15.9 Å². The van der Waals surface area contributed by atoms with E-state index >= 15 is 0 Å². The molecule has 1 saturated heterocycles. The molecule has 0 amide bonds.